The van der Waals surface area contributed by atoms with E-state index in [0.717, 1.165) is 0 Å². The molecule has 2 heterocycles. The highest BCUT2D eigenvalue weighted by atomic mass is 16.5. The van der Waals surface area contributed by atoms with Gasteiger partial charge in [0, 0.05) is 25.7 Å². The average Bonchev–Trinajstić information content (AvgIpc) is 2.46. The van der Waals surface area contributed by atoms with Gasteiger partial charge in [-0.3, -0.25) is 9.79 Å². The third-order valence-corrected chi connectivity index (χ3v) is 2.26. The van der Waals surface area contributed by atoms with Gasteiger partial charge in [0.1, 0.15) is 12.4 Å². The van der Waals surface area contributed by atoms with E-state index in [0.29, 0.717) is 12.4 Å². The second-order valence-corrected chi connectivity index (χ2v) is 3.48. The first-order chi connectivity index (χ1) is 8.81. The molecule has 18 heavy (non-hydrogen) atoms. The lowest BCUT2D eigenvalue weighted by Gasteiger charge is -2.18. The van der Waals surface area contributed by atoms with E-state index >= 15 is 0 Å². The van der Waals surface area contributed by atoms with Gasteiger partial charge in [0.05, 0.1) is 18.9 Å². The van der Waals surface area contributed by atoms with Crippen LogP contribution in [0, 0.1) is 0 Å². The van der Waals surface area contributed by atoms with Crippen molar-refractivity contribution in [2.75, 3.05) is 25.3 Å². The predicted octanol–water partition coefficient (Wildman–Crippen LogP) is 0.172. The largest absolute Gasteiger partial charge is 0.364 e. The number of carbonyl (C=O) groups is 1. The Morgan fingerprint density at radius 3 is 3.00 bits per heavy atom. The summed E-state index contributed by atoms with van der Waals surface area (Å²) in [4.78, 5) is 25.6. The maximum absolute atomic E-state index is 11.5. The average molecular weight is 247 g/mol. The van der Waals surface area contributed by atoms with Crippen molar-refractivity contribution in [1.82, 2.24) is 15.3 Å². The zero-order valence-corrected chi connectivity index (χ0v) is 9.91. The minimum absolute atomic E-state index is 0.146. The molecule has 0 bridgehead atoms. The van der Waals surface area contributed by atoms with E-state index in [1.54, 1.807) is 24.8 Å². The highest BCUT2D eigenvalue weighted by Gasteiger charge is 2.10. The maximum atomic E-state index is 11.5. The number of aromatic nitrogens is 2. The Morgan fingerprint density at radius 1 is 1.50 bits per heavy atom. The van der Waals surface area contributed by atoms with Crippen LogP contribution in [0.1, 0.15) is 10.5 Å². The van der Waals surface area contributed by atoms with Gasteiger partial charge in [0.15, 0.2) is 5.82 Å². The van der Waals surface area contributed by atoms with Crippen LogP contribution in [0.25, 0.3) is 0 Å². The topological polar surface area (TPSA) is 79.7 Å². The van der Waals surface area contributed by atoms with Crippen molar-refractivity contribution in [2.24, 2.45) is 4.99 Å². The summed E-state index contributed by atoms with van der Waals surface area (Å²) < 4.78 is 4.74. The first kappa shape index (κ1) is 12.2. The maximum Gasteiger partial charge on any atom is 0.273 e. The zero-order chi connectivity index (χ0) is 12.8. The molecular weight excluding hydrogens is 234 g/mol. The van der Waals surface area contributed by atoms with Crippen molar-refractivity contribution in [1.29, 1.82) is 0 Å². The molecule has 1 aliphatic rings. The molecule has 1 aromatic rings. The molecule has 1 N–H and O–H groups in total. The highest BCUT2D eigenvalue weighted by molar-refractivity contribution is 5.91. The number of amides is 1. The molecule has 94 valence electrons. The molecule has 0 spiro atoms. The number of hydrogen-bond donors (Lipinski definition) is 1. The second kappa shape index (κ2) is 5.87. The fraction of sp³-hybridized carbons (Fsp3) is 0.273. The molecule has 1 aromatic heterocycles. The fourth-order valence-electron chi connectivity index (χ4n) is 1.36. The van der Waals surface area contributed by atoms with E-state index < -0.39 is 0 Å². The van der Waals surface area contributed by atoms with Crippen LogP contribution >= 0.6 is 0 Å². The van der Waals surface area contributed by atoms with E-state index in [-0.39, 0.29) is 18.3 Å². The van der Waals surface area contributed by atoms with Crippen LogP contribution < -0.4 is 10.2 Å². The van der Waals surface area contributed by atoms with Gasteiger partial charge < -0.3 is 15.0 Å². The van der Waals surface area contributed by atoms with Gasteiger partial charge in [-0.2, -0.15) is 0 Å². The lowest BCUT2D eigenvalue weighted by Crippen LogP contribution is -2.27. The van der Waals surface area contributed by atoms with Crippen LogP contribution in [0.3, 0.4) is 0 Å². The third-order valence-electron chi connectivity index (χ3n) is 2.26. The first-order valence-corrected chi connectivity index (χ1v) is 5.35. The van der Waals surface area contributed by atoms with Gasteiger partial charge in [0.2, 0.25) is 0 Å². The normalized spacial score (nSPS) is 13.7. The molecular formula is C11H13N5O2. The molecule has 0 radical (unpaired) electrons. The van der Waals surface area contributed by atoms with Crippen molar-refractivity contribution in [3.05, 3.63) is 30.5 Å². The number of nitrogens with one attached hydrogen (secondary N) is 1. The van der Waals surface area contributed by atoms with Crippen molar-refractivity contribution >= 4 is 17.9 Å². The number of methoxy groups -OCH3 is 1. The highest BCUT2D eigenvalue weighted by Crippen LogP contribution is 2.10. The Kier molecular flexibility index (Phi) is 3.98. The van der Waals surface area contributed by atoms with Crippen molar-refractivity contribution in [3.63, 3.8) is 0 Å². The summed E-state index contributed by atoms with van der Waals surface area (Å²) in [7, 11) is 1.50. The molecule has 7 nitrogen and oxygen atoms in total. The number of carbonyl (C=O) groups excluding carboxylic acids is 1. The van der Waals surface area contributed by atoms with E-state index in [1.807, 2.05) is 4.90 Å². The molecule has 0 aliphatic carbocycles. The zero-order valence-electron chi connectivity index (χ0n) is 9.91. The standard InChI is InChI=1S/C11H13N5O2/c1-18-8-15-11(17)9-6-14-10(7-13-9)16-4-2-12-3-5-16/h2-4,6-7H,5,8H2,1H3,(H,15,17). The van der Waals surface area contributed by atoms with E-state index in [2.05, 4.69) is 20.3 Å². The SMILES string of the molecule is COCNC(=O)c1cnc(N2C=CN=CC2)cn1. The molecule has 0 unspecified atom stereocenters. The Morgan fingerprint density at radius 2 is 2.39 bits per heavy atom. The van der Waals surface area contributed by atoms with Gasteiger partial charge in [0.25, 0.3) is 5.91 Å². The summed E-state index contributed by atoms with van der Waals surface area (Å²) in [6.45, 7) is 0.786. The Labute approximate surface area is 104 Å². The number of anilines is 1. The number of aliphatic imine (C=N–C) groups is 1. The van der Waals surface area contributed by atoms with Crippen LogP contribution in [-0.4, -0.2) is 42.5 Å². The van der Waals surface area contributed by atoms with E-state index in [9.17, 15) is 4.79 Å². The molecule has 7 heteroatoms. The summed E-state index contributed by atoms with van der Waals surface area (Å²) >= 11 is 0. The number of ether oxygens (including phenoxy) is 1. The smallest absolute Gasteiger partial charge is 0.273 e. The summed E-state index contributed by atoms with van der Waals surface area (Å²) in [5.74, 6) is 0.354. The van der Waals surface area contributed by atoms with Gasteiger partial charge in [-0.05, 0) is 0 Å². The molecule has 1 amide bonds. The van der Waals surface area contributed by atoms with Crippen molar-refractivity contribution in [3.8, 4) is 0 Å². The first-order valence-electron chi connectivity index (χ1n) is 5.35. The van der Waals surface area contributed by atoms with Crippen LogP contribution in [-0.2, 0) is 4.74 Å². The second-order valence-electron chi connectivity index (χ2n) is 3.48. The van der Waals surface area contributed by atoms with Crippen LogP contribution in [0.5, 0.6) is 0 Å². The summed E-state index contributed by atoms with van der Waals surface area (Å²) in [6, 6.07) is 0. The Balaban J connectivity index is 2.03. The van der Waals surface area contributed by atoms with Crippen LogP contribution in [0.4, 0.5) is 5.82 Å². The van der Waals surface area contributed by atoms with Gasteiger partial charge in [-0.1, -0.05) is 0 Å². The third kappa shape index (κ3) is 2.89. The van der Waals surface area contributed by atoms with E-state index in [1.165, 1.54) is 13.3 Å². The Hall–Kier alpha value is -2.28. The molecule has 0 saturated carbocycles. The van der Waals surface area contributed by atoms with Gasteiger partial charge in [-0.15, -0.1) is 0 Å². The number of rotatable bonds is 4. The fourth-order valence-corrected chi connectivity index (χ4v) is 1.36. The predicted molar refractivity (Wildman–Crippen MR) is 66.4 cm³/mol. The van der Waals surface area contributed by atoms with Gasteiger partial charge in [-0.25, -0.2) is 9.97 Å². The molecule has 1 aliphatic heterocycles. The summed E-state index contributed by atoms with van der Waals surface area (Å²) in [5.41, 5.74) is 0.255. The van der Waals surface area contributed by atoms with E-state index in [4.69, 9.17) is 4.74 Å². The molecule has 0 atom stereocenters. The lowest BCUT2D eigenvalue weighted by molar-refractivity contribution is 0.0867. The Bertz CT molecular complexity index is 469. The molecule has 0 aromatic carbocycles. The minimum Gasteiger partial charge on any atom is -0.364 e. The number of hydrogen-bond acceptors (Lipinski definition) is 6. The monoisotopic (exact) mass is 247 g/mol. The van der Waals surface area contributed by atoms with Crippen LogP contribution in [0.2, 0.25) is 0 Å². The molecule has 0 saturated heterocycles. The molecule has 0 fully saturated rings. The minimum atomic E-state index is -0.313. The quantitative estimate of drug-likeness (QED) is 0.767. The summed E-state index contributed by atoms with van der Waals surface area (Å²) in [6.07, 6.45) is 8.21. The summed E-state index contributed by atoms with van der Waals surface area (Å²) in [5, 5.41) is 2.54. The van der Waals surface area contributed by atoms with Crippen LogP contribution in [0.15, 0.2) is 29.8 Å². The van der Waals surface area contributed by atoms with Crippen molar-refractivity contribution < 1.29 is 9.53 Å². The number of nitrogens with zero attached hydrogens (tertiary/aromatic N) is 4. The molecule has 2 rings (SSSR count). The van der Waals surface area contributed by atoms with Crippen molar-refractivity contribution in [2.45, 2.75) is 0 Å². The van der Waals surface area contributed by atoms with Gasteiger partial charge >= 0.3 is 0 Å². The lowest BCUT2D eigenvalue weighted by atomic mass is 10.4.